The maximum absolute atomic E-state index is 11.7. The smallest absolute Gasteiger partial charge is 0.475 e. The quantitative estimate of drug-likeness (QED) is 0.725. The highest BCUT2D eigenvalue weighted by Crippen LogP contribution is 2.38. The highest BCUT2D eigenvalue weighted by molar-refractivity contribution is 7.89. The van der Waals surface area contributed by atoms with Crippen LogP contribution in [-0.2, 0) is 19.6 Å². The van der Waals surface area contributed by atoms with Crippen molar-refractivity contribution in [1.82, 2.24) is 9.62 Å². The molecule has 1 aliphatic carbocycles. The normalized spacial score (nSPS) is 29.9. The summed E-state index contributed by atoms with van der Waals surface area (Å²) in [5.74, 6) is -2.60. The second kappa shape index (κ2) is 8.62. The molecule has 2 saturated heterocycles. The number of sulfonamides is 1. The van der Waals surface area contributed by atoms with Crippen molar-refractivity contribution >= 4 is 16.0 Å². The largest absolute Gasteiger partial charge is 0.490 e. The number of ether oxygens (including phenoxy) is 1. The zero-order valence-electron chi connectivity index (χ0n) is 15.3. The van der Waals surface area contributed by atoms with Gasteiger partial charge in [0.25, 0.3) is 0 Å². The zero-order valence-corrected chi connectivity index (χ0v) is 16.1. The number of carboxylic acid groups (broad SMARTS) is 1. The number of hydrogen-bond donors (Lipinski definition) is 2. The SMILES string of the molecule is CCS(=O)(=O)N[C@@H]1CCO[C@]2(CCN(C3CCC3)C2)C1.O=C(O)C(F)(F)F. The van der Waals surface area contributed by atoms with Gasteiger partial charge in [0, 0.05) is 31.8 Å². The van der Waals surface area contributed by atoms with Crippen LogP contribution < -0.4 is 4.72 Å². The summed E-state index contributed by atoms with van der Waals surface area (Å²) in [6.07, 6.45) is 1.59. The Hall–Kier alpha value is -0.910. The molecule has 1 saturated carbocycles. The highest BCUT2D eigenvalue weighted by atomic mass is 32.2. The van der Waals surface area contributed by atoms with Crippen molar-refractivity contribution in [2.45, 2.75) is 69.3 Å². The lowest BCUT2D eigenvalue weighted by Gasteiger charge is -2.40. The highest BCUT2D eigenvalue weighted by Gasteiger charge is 2.46. The van der Waals surface area contributed by atoms with E-state index < -0.39 is 22.2 Å². The summed E-state index contributed by atoms with van der Waals surface area (Å²) in [5.41, 5.74) is -0.102. The fourth-order valence-corrected chi connectivity index (χ4v) is 4.56. The second-order valence-electron chi connectivity index (χ2n) is 7.35. The first-order valence-corrected chi connectivity index (χ1v) is 10.8. The number of rotatable bonds is 4. The number of aliphatic carboxylic acids is 1. The molecule has 1 spiro atoms. The lowest BCUT2D eigenvalue weighted by Crippen LogP contribution is -2.51. The van der Waals surface area contributed by atoms with Crippen molar-refractivity contribution in [3.8, 4) is 0 Å². The molecule has 0 aromatic rings. The van der Waals surface area contributed by atoms with Crippen molar-refractivity contribution in [2.24, 2.45) is 0 Å². The maximum Gasteiger partial charge on any atom is 0.490 e. The van der Waals surface area contributed by atoms with Gasteiger partial charge in [0.05, 0.1) is 11.4 Å². The molecule has 3 fully saturated rings. The van der Waals surface area contributed by atoms with Crippen LogP contribution in [0.4, 0.5) is 13.2 Å². The number of hydrogen-bond acceptors (Lipinski definition) is 5. The van der Waals surface area contributed by atoms with Crippen LogP contribution in [-0.4, -0.2) is 73.7 Å². The summed E-state index contributed by atoms with van der Waals surface area (Å²) in [6.45, 7) is 4.46. The van der Waals surface area contributed by atoms with E-state index >= 15 is 0 Å². The third-order valence-corrected chi connectivity index (χ3v) is 6.85. The van der Waals surface area contributed by atoms with Gasteiger partial charge in [0.15, 0.2) is 0 Å². The standard InChI is InChI=1S/C14H26N2O3S.C2HF3O2/c1-2-20(17,18)15-12-6-9-19-14(10-12)7-8-16(11-14)13-4-3-5-13;3-2(4,5)1(6)7/h12-13,15H,2-11H2,1H3;(H,6,7)/t12-,14-;/m1./s1. The lowest BCUT2D eigenvalue weighted by molar-refractivity contribution is -0.192. The number of nitrogens with one attached hydrogen (secondary N) is 1. The lowest BCUT2D eigenvalue weighted by atomic mass is 9.89. The molecule has 0 unspecified atom stereocenters. The molecule has 2 N–H and O–H groups in total. The van der Waals surface area contributed by atoms with Gasteiger partial charge in [-0.1, -0.05) is 6.42 Å². The Balaban J connectivity index is 0.000000321. The van der Waals surface area contributed by atoms with Gasteiger partial charge < -0.3 is 9.84 Å². The summed E-state index contributed by atoms with van der Waals surface area (Å²) < 4.78 is 64.1. The van der Waals surface area contributed by atoms with E-state index in [9.17, 15) is 21.6 Å². The Morgan fingerprint density at radius 3 is 2.44 bits per heavy atom. The minimum Gasteiger partial charge on any atom is -0.475 e. The van der Waals surface area contributed by atoms with Gasteiger partial charge in [-0.05, 0) is 39.0 Å². The average molecular weight is 416 g/mol. The van der Waals surface area contributed by atoms with E-state index in [4.69, 9.17) is 14.6 Å². The molecule has 0 aromatic carbocycles. The van der Waals surface area contributed by atoms with Crippen LogP contribution in [0.2, 0.25) is 0 Å². The molecule has 27 heavy (non-hydrogen) atoms. The molecule has 11 heteroatoms. The van der Waals surface area contributed by atoms with E-state index in [-0.39, 0.29) is 17.4 Å². The van der Waals surface area contributed by atoms with E-state index in [1.807, 2.05) is 0 Å². The van der Waals surface area contributed by atoms with E-state index in [1.165, 1.54) is 19.3 Å². The Bertz CT molecular complexity index is 624. The molecule has 0 amide bonds. The predicted molar refractivity (Wildman–Crippen MR) is 91.8 cm³/mol. The summed E-state index contributed by atoms with van der Waals surface area (Å²) in [6, 6.07) is 0.806. The van der Waals surface area contributed by atoms with Crippen molar-refractivity contribution in [1.29, 1.82) is 0 Å². The Morgan fingerprint density at radius 2 is 1.96 bits per heavy atom. The number of carbonyl (C=O) groups is 1. The van der Waals surface area contributed by atoms with Gasteiger partial charge in [-0.15, -0.1) is 0 Å². The van der Waals surface area contributed by atoms with Crippen molar-refractivity contribution in [3.63, 3.8) is 0 Å². The summed E-state index contributed by atoms with van der Waals surface area (Å²) in [4.78, 5) is 11.5. The van der Waals surface area contributed by atoms with Gasteiger partial charge in [-0.25, -0.2) is 17.9 Å². The first-order valence-electron chi connectivity index (χ1n) is 9.14. The molecule has 3 rings (SSSR count). The summed E-state index contributed by atoms with van der Waals surface area (Å²) >= 11 is 0. The van der Waals surface area contributed by atoms with Crippen LogP contribution in [0.3, 0.4) is 0 Å². The fourth-order valence-electron chi connectivity index (χ4n) is 3.69. The van der Waals surface area contributed by atoms with E-state index in [2.05, 4.69) is 9.62 Å². The van der Waals surface area contributed by atoms with Crippen LogP contribution in [0, 0.1) is 0 Å². The van der Waals surface area contributed by atoms with Gasteiger partial charge in [0.2, 0.25) is 10.0 Å². The second-order valence-corrected chi connectivity index (χ2v) is 9.39. The van der Waals surface area contributed by atoms with E-state index in [0.717, 1.165) is 38.4 Å². The molecule has 0 bridgehead atoms. The van der Waals surface area contributed by atoms with Crippen LogP contribution in [0.25, 0.3) is 0 Å². The molecular formula is C16H27F3N2O5S. The topological polar surface area (TPSA) is 95.9 Å². The van der Waals surface area contributed by atoms with Crippen molar-refractivity contribution < 1.29 is 36.2 Å². The average Bonchev–Trinajstić information content (AvgIpc) is 2.87. The molecule has 3 aliphatic rings. The molecule has 2 heterocycles. The van der Waals surface area contributed by atoms with Crippen molar-refractivity contribution in [2.75, 3.05) is 25.4 Å². The molecule has 0 radical (unpaired) electrons. The predicted octanol–water partition coefficient (Wildman–Crippen LogP) is 1.73. The Morgan fingerprint density at radius 1 is 1.33 bits per heavy atom. The number of carboxylic acids is 1. The number of halogens is 3. The number of nitrogens with zero attached hydrogens (tertiary/aromatic N) is 1. The van der Waals surface area contributed by atoms with Gasteiger partial charge in [0.1, 0.15) is 0 Å². The summed E-state index contributed by atoms with van der Waals surface area (Å²) in [7, 11) is -3.11. The molecule has 7 nitrogen and oxygen atoms in total. The third kappa shape index (κ3) is 6.30. The Labute approximate surface area is 157 Å². The summed E-state index contributed by atoms with van der Waals surface area (Å²) in [5, 5.41) is 7.12. The Kier molecular flexibility index (Phi) is 7.15. The molecule has 2 atom stereocenters. The van der Waals surface area contributed by atoms with E-state index in [0.29, 0.717) is 6.61 Å². The molecule has 0 aromatic heterocycles. The first-order chi connectivity index (χ1) is 12.5. The number of alkyl halides is 3. The van der Waals surface area contributed by atoms with Crippen LogP contribution in [0.15, 0.2) is 0 Å². The van der Waals surface area contributed by atoms with Gasteiger partial charge in [-0.2, -0.15) is 13.2 Å². The number of likely N-dealkylation sites (tertiary alicyclic amines) is 1. The van der Waals surface area contributed by atoms with Gasteiger partial charge >= 0.3 is 12.1 Å². The van der Waals surface area contributed by atoms with Crippen molar-refractivity contribution in [3.05, 3.63) is 0 Å². The third-order valence-electron chi connectivity index (χ3n) is 5.40. The fraction of sp³-hybridized carbons (Fsp3) is 0.938. The first kappa shape index (κ1) is 22.4. The van der Waals surface area contributed by atoms with Crippen LogP contribution in [0.1, 0.15) is 45.4 Å². The van der Waals surface area contributed by atoms with Gasteiger partial charge in [-0.3, -0.25) is 4.90 Å². The minimum absolute atomic E-state index is 0.0510. The zero-order chi connectivity index (χ0) is 20.3. The molecule has 158 valence electrons. The maximum atomic E-state index is 11.7. The van der Waals surface area contributed by atoms with Crippen LogP contribution in [0.5, 0.6) is 0 Å². The minimum atomic E-state index is -5.08. The van der Waals surface area contributed by atoms with Crippen LogP contribution >= 0.6 is 0 Å². The molecular weight excluding hydrogens is 389 g/mol. The monoisotopic (exact) mass is 416 g/mol. The molecule has 2 aliphatic heterocycles. The van der Waals surface area contributed by atoms with E-state index in [1.54, 1.807) is 6.92 Å².